The Balaban J connectivity index is 1.79. The van der Waals surface area contributed by atoms with Crippen molar-refractivity contribution in [1.82, 2.24) is 9.88 Å². The molecule has 0 N–H and O–H groups in total. The van der Waals surface area contributed by atoms with Crippen molar-refractivity contribution in [2.45, 2.75) is 19.3 Å². The molecule has 1 amide bonds. The predicted octanol–water partition coefficient (Wildman–Crippen LogP) is 1.56. The number of nitrogens with zero attached hydrogens (tertiary/aromatic N) is 3. The molecule has 23 heavy (non-hydrogen) atoms. The molecule has 0 aromatic carbocycles. The first-order valence-corrected chi connectivity index (χ1v) is 7.99. The zero-order valence-corrected chi connectivity index (χ0v) is 13.9. The molecule has 2 heterocycles. The minimum Gasteiger partial charge on any atom is -0.469 e. The summed E-state index contributed by atoms with van der Waals surface area (Å²) in [5.74, 6) is 0.994. The van der Waals surface area contributed by atoms with Crippen LogP contribution in [-0.2, 0) is 9.53 Å². The molecule has 2 atom stereocenters. The molecular formula is C17H23N3O3. The van der Waals surface area contributed by atoms with Gasteiger partial charge in [-0.2, -0.15) is 0 Å². The van der Waals surface area contributed by atoms with E-state index in [0.29, 0.717) is 18.0 Å². The van der Waals surface area contributed by atoms with Crippen LogP contribution in [0.15, 0.2) is 18.3 Å². The number of esters is 1. The van der Waals surface area contributed by atoms with Crippen LogP contribution >= 0.6 is 0 Å². The third-order valence-corrected chi connectivity index (χ3v) is 5.19. The van der Waals surface area contributed by atoms with Crippen molar-refractivity contribution in [3.8, 4) is 0 Å². The van der Waals surface area contributed by atoms with Crippen LogP contribution in [0.4, 0.5) is 5.82 Å². The monoisotopic (exact) mass is 317 g/mol. The lowest BCUT2D eigenvalue weighted by atomic mass is 9.81. The zero-order valence-electron chi connectivity index (χ0n) is 13.9. The Morgan fingerprint density at radius 3 is 2.78 bits per heavy atom. The summed E-state index contributed by atoms with van der Waals surface area (Å²) in [7, 11) is 4.91. The van der Waals surface area contributed by atoms with E-state index in [1.165, 1.54) is 12.0 Å². The molecular weight excluding hydrogens is 294 g/mol. The van der Waals surface area contributed by atoms with Crippen molar-refractivity contribution in [3.05, 3.63) is 23.9 Å². The molecule has 2 aliphatic rings. The summed E-state index contributed by atoms with van der Waals surface area (Å²) in [5, 5.41) is 0. The van der Waals surface area contributed by atoms with E-state index >= 15 is 0 Å². The fourth-order valence-electron chi connectivity index (χ4n) is 3.96. The molecule has 1 saturated heterocycles. The van der Waals surface area contributed by atoms with Gasteiger partial charge in [-0.25, -0.2) is 4.98 Å². The van der Waals surface area contributed by atoms with Crippen molar-refractivity contribution < 1.29 is 14.3 Å². The smallest absolute Gasteiger partial charge is 0.313 e. The highest BCUT2D eigenvalue weighted by Crippen LogP contribution is 2.50. The number of rotatable bonds is 3. The first-order chi connectivity index (χ1) is 11.0. The third kappa shape index (κ3) is 2.56. The maximum atomic E-state index is 12.3. The van der Waals surface area contributed by atoms with Crippen molar-refractivity contribution in [3.63, 3.8) is 0 Å². The second-order valence-corrected chi connectivity index (χ2v) is 6.72. The van der Waals surface area contributed by atoms with Crippen LogP contribution in [0.2, 0.25) is 0 Å². The number of hydrogen-bond donors (Lipinski definition) is 0. The Labute approximate surface area is 136 Å². The van der Waals surface area contributed by atoms with Gasteiger partial charge in [0.1, 0.15) is 5.82 Å². The molecule has 2 fully saturated rings. The Kier molecular flexibility index (Phi) is 4.00. The van der Waals surface area contributed by atoms with Crippen molar-refractivity contribution >= 4 is 17.7 Å². The fraction of sp³-hybridized carbons (Fsp3) is 0.588. The van der Waals surface area contributed by atoms with E-state index in [1.807, 2.05) is 6.07 Å². The Morgan fingerprint density at radius 1 is 1.39 bits per heavy atom. The third-order valence-electron chi connectivity index (χ3n) is 5.19. The van der Waals surface area contributed by atoms with Crippen LogP contribution in [0.5, 0.6) is 0 Å². The minimum absolute atomic E-state index is 0.0617. The topological polar surface area (TPSA) is 62.7 Å². The number of methoxy groups -OCH3 is 1. The number of pyridine rings is 1. The summed E-state index contributed by atoms with van der Waals surface area (Å²) in [5.41, 5.74) is 0.190. The summed E-state index contributed by atoms with van der Waals surface area (Å²) in [6.07, 6.45) is 4.63. The number of fused-ring (bicyclic) bond motifs is 1. The summed E-state index contributed by atoms with van der Waals surface area (Å²) in [4.78, 5) is 32.3. The van der Waals surface area contributed by atoms with Crippen LogP contribution in [0.25, 0.3) is 0 Å². The fourth-order valence-corrected chi connectivity index (χ4v) is 3.96. The lowest BCUT2D eigenvalue weighted by molar-refractivity contribution is -0.152. The summed E-state index contributed by atoms with van der Waals surface area (Å²) in [6.45, 7) is 1.47. The quantitative estimate of drug-likeness (QED) is 0.792. The minimum atomic E-state index is -0.380. The first-order valence-electron chi connectivity index (χ1n) is 7.99. The van der Waals surface area contributed by atoms with E-state index < -0.39 is 0 Å². The Hall–Kier alpha value is -2.11. The molecule has 3 rings (SSSR count). The van der Waals surface area contributed by atoms with Gasteiger partial charge < -0.3 is 14.5 Å². The standard InChI is InChI=1S/C17H23N3O3/c1-19(2)15(21)12-6-7-14(18-9-12)20-10-13-5-4-8-17(13,11-20)16(22)23-3/h6-7,9,13H,4-5,8,10-11H2,1-3H3. The predicted molar refractivity (Wildman–Crippen MR) is 86.3 cm³/mol. The highest BCUT2D eigenvalue weighted by molar-refractivity contribution is 5.93. The first kappa shape index (κ1) is 15.8. The molecule has 124 valence electrons. The largest absolute Gasteiger partial charge is 0.469 e. The number of amides is 1. The van der Waals surface area contributed by atoms with Gasteiger partial charge >= 0.3 is 5.97 Å². The number of ether oxygens (including phenoxy) is 1. The number of hydrogen-bond acceptors (Lipinski definition) is 5. The van der Waals surface area contributed by atoms with Gasteiger partial charge in [0, 0.05) is 33.4 Å². The summed E-state index contributed by atoms with van der Waals surface area (Å²) < 4.78 is 5.06. The molecule has 1 aliphatic heterocycles. The molecule has 1 aliphatic carbocycles. The number of aromatic nitrogens is 1. The second-order valence-electron chi connectivity index (χ2n) is 6.72. The van der Waals surface area contributed by atoms with Crippen LogP contribution in [-0.4, -0.2) is 56.1 Å². The van der Waals surface area contributed by atoms with E-state index in [-0.39, 0.29) is 17.3 Å². The van der Waals surface area contributed by atoms with E-state index in [2.05, 4.69) is 9.88 Å². The molecule has 6 nitrogen and oxygen atoms in total. The molecule has 1 saturated carbocycles. The SMILES string of the molecule is COC(=O)C12CCCC1CN(c1ccc(C(=O)N(C)C)cn1)C2. The van der Waals surface area contributed by atoms with Gasteiger partial charge in [-0.05, 0) is 30.9 Å². The molecule has 0 spiro atoms. The van der Waals surface area contributed by atoms with Gasteiger partial charge in [0.15, 0.2) is 0 Å². The number of carbonyl (C=O) groups is 2. The van der Waals surface area contributed by atoms with Gasteiger partial charge in [-0.3, -0.25) is 9.59 Å². The lowest BCUT2D eigenvalue weighted by Gasteiger charge is -2.25. The average molecular weight is 317 g/mol. The Bertz CT molecular complexity index is 614. The lowest BCUT2D eigenvalue weighted by Crippen LogP contribution is -2.37. The Morgan fingerprint density at radius 2 is 2.17 bits per heavy atom. The average Bonchev–Trinajstić information content (AvgIpc) is 3.11. The van der Waals surface area contributed by atoms with E-state index in [1.54, 1.807) is 26.4 Å². The second kappa shape index (κ2) is 5.83. The maximum absolute atomic E-state index is 12.3. The molecule has 1 aromatic heterocycles. The van der Waals surface area contributed by atoms with Crippen molar-refractivity contribution in [2.24, 2.45) is 11.3 Å². The van der Waals surface area contributed by atoms with Crippen molar-refractivity contribution in [2.75, 3.05) is 39.2 Å². The van der Waals surface area contributed by atoms with Crippen LogP contribution in [0.1, 0.15) is 29.6 Å². The van der Waals surface area contributed by atoms with Crippen LogP contribution in [0.3, 0.4) is 0 Å². The zero-order chi connectivity index (χ0) is 16.6. The van der Waals surface area contributed by atoms with Crippen LogP contribution in [0, 0.1) is 11.3 Å². The molecule has 1 aromatic rings. The summed E-state index contributed by atoms with van der Waals surface area (Å²) >= 11 is 0. The molecule has 0 radical (unpaired) electrons. The maximum Gasteiger partial charge on any atom is 0.313 e. The van der Waals surface area contributed by atoms with Gasteiger partial charge in [-0.1, -0.05) is 6.42 Å². The van der Waals surface area contributed by atoms with Gasteiger partial charge in [0.25, 0.3) is 5.91 Å². The van der Waals surface area contributed by atoms with Crippen molar-refractivity contribution in [1.29, 1.82) is 0 Å². The van der Waals surface area contributed by atoms with Gasteiger partial charge in [0.2, 0.25) is 0 Å². The van der Waals surface area contributed by atoms with E-state index in [0.717, 1.165) is 31.6 Å². The summed E-state index contributed by atoms with van der Waals surface area (Å²) in [6, 6.07) is 3.66. The van der Waals surface area contributed by atoms with Gasteiger partial charge in [-0.15, -0.1) is 0 Å². The van der Waals surface area contributed by atoms with E-state index in [9.17, 15) is 9.59 Å². The normalized spacial score (nSPS) is 26.0. The molecule has 2 unspecified atom stereocenters. The van der Waals surface area contributed by atoms with Crippen LogP contribution < -0.4 is 4.90 Å². The van der Waals surface area contributed by atoms with Gasteiger partial charge in [0.05, 0.1) is 18.1 Å². The van der Waals surface area contributed by atoms with E-state index in [4.69, 9.17) is 4.74 Å². The number of carbonyl (C=O) groups excluding carboxylic acids is 2. The number of anilines is 1. The molecule has 6 heteroatoms. The molecule has 0 bridgehead atoms. The highest BCUT2D eigenvalue weighted by Gasteiger charge is 2.55. The highest BCUT2D eigenvalue weighted by atomic mass is 16.5.